The highest BCUT2D eigenvalue weighted by Crippen LogP contribution is 2.33. The number of amides is 1. The maximum Gasteiger partial charge on any atom is 0.416 e. The molecule has 37 heavy (non-hydrogen) atoms. The normalized spacial score (nSPS) is 12.0. The number of carbonyl (C=O) groups excluding carboxylic acids is 1. The van der Waals surface area contributed by atoms with Crippen molar-refractivity contribution in [3.63, 3.8) is 0 Å². The molecule has 1 aromatic heterocycles. The molecule has 0 aliphatic heterocycles. The van der Waals surface area contributed by atoms with Gasteiger partial charge in [-0.2, -0.15) is 13.2 Å². The van der Waals surface area contributed by atoms with Crippen molar-refractivity contribution in [1.82, 2.24) is 9.71 Å². The number of sulfonamides is 1. The number of rotatable bonds is 10. The van der Waals surface area contributed by atoms with Crippen molar-refractivity contribution >= 4 is 27.4 Å². The molecule has 0 unspecified atom stereocenters. The molecule has 3 aromatic rings. The molecule has 11 heteroatoms. The van der Waals surface area contributed by atoms with E-state index in [0.29, 0.717) is 47.7 Å². The third kappa shape index (κ3) is 7.53. The zero-order chi connectivity index (χ0) is 27.2. The predicted octanol–water partition coefficient (Wildman–Crippen LogP) is 5.46. The third-order valence-electron chi connectivity index (χ3n) is 5.62. The Kier molecular flexibility index (Phi) is 8.93. The van der Waals surface area contributed by atoms with Crippen LogP contribution in [-0.2, 0) is 16.2 Å². The van der Waals surface area contributed by atoms with Crippen molar-refractivity contribution in [2.24, 2.45) is 0 Å². The van der Waals surface area contributed by atoms with Gasteiger partial charge in [0.05, 0.1) is 22.7 Å². The Morgan fingerprint density at radius 2 is 1.70 bits per heavy atom. The molecule has 7 nitrogen and oxygen atoms in total. The van der Waals surface area contributed by atoms with Crippen molar-refractivity contribution < 1.29 is 26.4 Å². The molecule has 0 aliphatic rings. The van der Waals surface area contributed by atoms with E-state index >= 15 is 0 Å². The fourth-order valence-electron chi connectivity index (χ4n) is 3.52. The Hall–Kier alpha value is -3.44. The number of nitrogens with zero attached hydrogens (tertiary/aromatic N) is 1. The third-order valence-corrected chi connectivity index (χ3v) is 7.47. The first kappa shape index (κ1) is 28.1. The molecular formula is C26H29F3N4O3S. The summed E-state index contributed by atoms with van der Waals surface area (Å²) in [5.74, 6) is 0.143. The molecule has 0 spiro atoms. The van der Waals surface area contributed by atoms with Gasteiger partial charge in [0.1, 0.15) is 5.82 Å². The van der Waals surface area contributed by atoms with Gasteiger partial charge in [-0.1, -0.05) is 24.3 Å². The van der Waals surface area contributed by atoms with Crippen LogP contribution in [-0.4, -0.2) is 37.6 Å². The number of aryl methyl sites for hydroxylation is 1. The summed E-state index contributed by atoms with van der Waals surface area (Å²) in [7, 11) is -3.29. The number of alkyl halides is 3. The van der Waals surface area contributed by atoms with Crippen LogP contribution in [0.4, 0.5) is 24.7 Å². The smallest absolute Gasteiger partial charge is 0.370 e. The van der Waals surface area contributed by atoms with Crippen LogP contribution < -0.4 is 15.4 Å². The molecule has 1 heterocycles. The molecule has 0 aliphatic carbocycles. The van der Waals surface area contributed by atoms with E-state index in [9.17, 15) is 26.4 Å². The average molecular weight is 535 g/mol. The zero-order valence-electron chi connectivity index (χ0n) is 20.7. The summed E-state index contributed by atoms with van der Waals surface area (Å²) in [6, 6.07) is 13.2. The van der Waals surface area contributed by atoms with E-state index in [4.69, 9.17) is 0 Å². The standard InChI is InChI=1S/C26H29F3N4O3S/c1-17(2)37(35,36)32-15-5-14-30-23-13-12-21(16-31-23)33-25(34)22-7-4-6-18(3)24(22)19-8-10-20(11-9-19)26(27,28)29/h4,6-13,16-17,32H,5,14-15H2,1-3H3,(H,30,31)(H,33,34). The predicted molar refractivity (Wildman–Crippen MR) is 139 cm³/mol. The molecule has 0 radical (unpaired) electrons. The van der Waals surface area contributed by atoms with Gasteiger partial charge in [-0.15, -0.1) is 0 Å². The van der Waals surface area contributed by atoms with E-state index < -0.39 is 32.9 Å². The molecule has 0 atom stereocenters. The second-order valence-electron chi connectivity index (χ2n) is 8.73. The number of pyridine rings is 1. The number of aromatic nitrogens is 1. The van der Waals surface area contributed by atoms with Gasteiger partial charge in [-0.3, -0.25) is 4.79 Å². The van der Waals surface area contributed by atoms with Gasteiger partial charge in [0.15, 0.2) is 0 Å². The second kappa shape index (κ2) is 11.7. The number of anilines is 2. The lowest BCUT2D eigenvalue weighted by molar-refractivity contribution is -0.137. The van der Waals surface area contributed by atoms with E-state index in [2.05, 4.69) is 20.3 Å². The van der Waals surface area contributed by atoms with Crippen molar-refractivity contribution in [2.45, 2.75) is 38.6 Å². The molecule has 0 bridgehead atoms. The van der Waals surface area contributed by atoms with Crippen molar-refractivity contribution in [3.05, 3.63) is 77.5 Å². The van der Waals surface area contributed by atoms with Crippen LogP contribution in [0.2, 0.25) is 0 Å². The fourth-order valence-corrected chi connectivity index (χ4v) is 4.28. The van der Waals surface area contributed by atoms with Gasteiger partial charge in [-0.05, 0) is 74.2 Å². The van der Waals surface area contributed by atoms with Gasteiger partial charge in [-0.25, -0.2) is 18.1 Å². The van der Waals surface area contributed by atoms with Crippen LogP contribution in [0.25, 0.3) is 11.1 Å². The number of hydrogen-bond donors (Lipinski definition) is 3. The molecule has 2 aromatic carbocycles. The zero-order valence-corrected chi connectivity index (χ0v) is 21.5. The Labute approximate surface area is 214 Å². The second-order valence-corrected chi connectivity index (χ2v) is 11.0. The molecule has 0 saturated heterocycles. The maximum absolute atomic E-state index is 13.1. The lowest BCUT2D eigenvalue weighted by Crippen LogP contribution is -2.32. The Morgan fingerprint density at radius 1 is 1.00 bits per heavy atom. The molecule has 1 amide bonds. The summed E-state index contributed by atoms with van der Waals surface area (Å²) in [5, 5.41) is 5.37. The van der Waals surface area contributed by atoms with Crippen LogP contribution in [0, 0.1) is 6.92 Å². The van der Waals surface area contributed by atoms with E-state index in [1.54, 1.807) is 51.1 Å². The first-order valence-electron chi connectivity index (χ1n) is 11.7. The van der Waals surface area contributed by atoms with Crippen molar-refractivity contribution in [1.29, 1.82) is 0 Å². The molecule has 198 valence electrons. The Balaban J connectivity index is 1.63. The molecular weight excluding hydrogens is 505 g/mol. The monoisotopic (exact) mass is 534 g/mol. The van der Waals surface area contributed by atoms with Crippen LogP contribution in [0.5, 0.6) is 0 Å². The highest BCUT2D eigenvalue weighted by Gasteiger charge is 2.30. The quantitative estimate of drug-likeness (QED) is 0.300. The van der Waals surface area contributed by atoms with E-state index in [0.717, 1.165) is 17.7 Å². The van der Waals surface area contributed by atoms with Crippen molar-refractivity contribution in [3.8, 4) is 11.1 Å². The first-order valence-corrected chi connectivity index (χ1v) is 13.2. The lowest BCUT2D eigenvalue weighted by Gasteiger charge is -2.14. The molecule has 0 fully saturated rings. The minimum absolute atomic E-state index is 0.305. The van der Waals surface area contributed by atoms with Gasteiger partial charge in [0.2, 0.25) is 10.0 Å². The molecule has 3 rings (SSSR count). The summed E-state index contributed by atoms with van der Waals surface area (Å²) in [6.07, 6.45) is -2.40. The van der Waals surface area contributed by atoms with E-state index in [-0.39, 0.29) is 0 Å². The lowest BCUT2D eigenvalue weighted by atomic mass is 9.94. The summed E-state index contributed by atoms with van der Waals surface area (Å²) >= 11 is 0. The molecule has 3 N–H and O–H groups in total. The van der Waals surface area contributed by atoms with Gasteiger partial charge >= 0.3 is 6.18 Å². The van der Waals surface area contributed by atoms with Gasteiger partial charge in [0.25, 0.3) is 5.91 Å². The van der Waals surface area contributed by atoms with Crippen LogP contribution in [0.15, 0.2) is 60.8 Å². The Bertz CT molecular complexity index is 1320. The largest absolute Gasteiger partial charge is 0.416 e. The van der Waals surface area contributed by atoms with E-state index in [1.165, 1.54) is 18.3 Å². The Morgan fingerprint density at radius 3 is 2.30 bits per heavy atom. The van der Waals surface area contributed by atoms with Gasteiger partial charge in [0, 0.05) is 18.7 Å². The SMILES string of the molecule is Cc1cccc(C(=O)Nc2ccc(NCCCNS(=O)(=O)C(C)C)nc2)c1-c1ccc(C(F)(F)F)cc1. The number of carbonyl (C=O) groups is 1. The summed E-state index contributed by atoms with van der Waals surface area (Å²) < 4.78 is 64.9. The van der Waals surface area contributed by atoms with E-state index in [1.807, 2.05) is 0 Å². The summed E-state index contributed by atoms with van der Waals surface area (Å²) in [6.45, 7) is 5.82. The molecule has 0 saturated carbocycles. The van der Waals surface area contributed by atoms with Crippen LogP contribution in [0.1, 0.15) is 41.8 Å². The number of hydrogen-bond acceptors (Lipinski definition) is 5. The number of benzene rings is 2. The van der Waals surface area contributed by atoms with Crippen LogP contribution in [0.3, 0.4) is 0 Å². The number of halogens is 3. The fraction of sp³-hybridized carbons (Fsp3) is 0.308. The number of nitrogens with one attached hydrogen (secondary N) is 3. The maximum atomic E-state index is 13.1. The minimum atomic E-state index is -4.44. The summed E-state index contributed by atoms with van der Waals surface area (Å²) in [4.78, 5) is 17.3. The van der Waals surface area contributed by atoms with Crippen LogP contribution >= 0.6 is 0 Å². The first-order chi connectivity index (χ1) is 17.4. The van der Waals surface area contributed by atoms with Crippen molar-refractivity contribution in [2.75, 3.05) is 23.7 Å². The minimum Gasteiger partial charge on any atom is -0.370 e. The highest BCUT2D eigenvalue weighted by atomic mass is 32.2. The van der Waals surface area contributed by atoms with Gasteiger partial charge < -0.3 is 10.6 Å². The topological polar surface area (TPSA) is 100 Å². The highest BCUT2D eigenvalue weighted by molar-refractivity contribution is 7.90. The average Bonchev–Trinajstić information content (AvgIpc) is 2.84. The summed E-state index contributed by atoms with van der Waals surface area (Å²) in [5.41, 5.74) is 1.82.